The Hall–Kier alpha value is -1.82. The van der Waals surface area contributed by atoms with Gasteiger partial charge in [0.05, 0.1) is 17.9 Å². The van der Waals surface area contributed by atoms with Crippen molar-refractivity contribution in [2.45, 2.75) is 33.6 Å². The molecule has 0 atom stereocenters. The molecule has 0 saturated carbocycles. The van der Waals surface area contributed by atoms with Crippen LogP contribution in [0.5, 0.6) is 0 Å². The number of hydrogen-bond donors (Lipinski definition) is 0. The fourth-order valence-electron chi connectivity index (χ4n) is 2.16. The van der Waals surface area contributed by atoms with Crippen LogP contribution in [0.25, 0.3) is 10.2 Å². The number of ether oxygens (including phenoxy) is 1. The molecule has 0 N–H and O–H groups in total. The third-order valence-corrected chi connectivity index (χ3v) is 3.82. The summed E-state index contributed by atoms with van der Waals surface area (Å²) in [5, 5.41) is 0.650. The first-order valence-corrected chi connectivity index (χ1v) is 7.20. The predicted octanol–water partition coefficient (Wildman–Crippen LogP) is 3.11. The predicted molar refractivity (Wildman–Crippen MR) is 77.6 cm³/mol. The lowest BCUT2D eigenvalue weighted by Crippen LogP contribution is -2.13. The van der Waals surface area contributed by atoms with Gasteiger partial charge in [0, 0.05) is 5.39 Å². The number of esters is 1. The molecule has 0 bridgehead atoms. The van der Waals surface area contributed by atoms with Crippen LogP contribution < -0.4 is 0 Å². The van der Waals surface area contributed by atoms with E-state index in [1.165, 1.54) is 11.5 Å². The van der Waals surface area contributed by atoms with Gasteiger partial charge in [0.15, 0.2) is 6.29 Å². The molecule has 0 unspecified atom stereocenters. The van der Waals surface area contributed by atoms with E-state index in [0.29, 0.717) is 45.6 Å². The van der Waals surface area contributed by atoms with Gasteiger partial charge < -0.3 is 4.74 Å². The van der Waals surface area contributed by atoms with Crippen molar-refractivity contribution in [2.75, 3.05) is 6.61 Å². The average Bonchev–Trinajstić information content (AvgIpc) is 2.81. The molecule has 106 valence electrons. The van der Waals surface area contributed by atoms with Gasteiger partial charge in [-0.1, -0.05) is 13.8 Å². The molecule has 0 aliphatic carbocycles. The molecule has 2 heterocycles. The molecule has 2 aromatic heterocycles. The minimum atomic E-state index is -0.397. The third kappa shape index (κ3) is 2.31. The van der Waals surface area contributed by atoms with Crippen molar-refractivity contribution in [3.05, 3.63) is 22.5 Å². The monoisotopic (exact) mass is 292 g/mol. The first-order valence-electron chi connectivity index (χ1n) is 6.43. The maximum atomic E-state index is 12.2. The Morgan fingerprint density at radius 3 is 2.70 bits per heavy atom. The molecule has 2 aromatic rings. The van der Waals surface area contributed by atoms with Gasteiger partial charge in [-0.15, -0.1) is 0 Å². The van der Waals surface area contributed by atoms with Crippen molar-refractivity contribution < 1.29 is 14.3 Å². The van der Waals surface area contributed by atoms with E-state index in [9.17, 15) is 9.59 Å². The summed E-state index contributed by atoms with van der Waals surface area (Å²) >= 11 is 1.17. The summed E-state index contributed by atoms with van der Waals surface area (Å²) in [6, 6.07) is 0. The Kier molecular flexibility index (Phi) is 4.13. The number of aryl methyl sites for hydroxylation is 1. The second-order valence-electron chi connectivity index (χ2n) is 4.74. The van der Waals surface area contributed by atoms with Crippen molar-refractivity contribution in [3.8, 4) is 0 Å². The van der Waals surface area contributed by atoms with Gasteiger partial charge >= 0.3 is 5.97 Å². The van der Waals surface area contributed by atoms with E-state index in [4.69, 9.17) is 4.74 Å². The summed E-state index contributed by atoms with van der Waals surface area (Å²) in [5.74, 6) is -0.314. The molecule has 0 aromatic carbocycles. The molecule has 6 heteroatoms. The Bertz CT molecular complexity index is 677. The molecule has 0 saturated heterocycles. The zero-order valence-corrected chi connectivity index (χ0v) is 12.7. The van der Waals surface area contributed by atoms with E-state index in [0.717, 1.165) is 0 Å². The van der Waals surface area contributed by atoms with Crippen LogP contribution in [0.4, 0.5) is 0 Å². The van der Waals surface area contributed by atoms with Crippen molar-refractivity contribution in [3.63, 3.8) is 0 Å². The third-order valence-electron chi connectivity index (χ3n) is 3.07. The van der Waals surface area contributed by atoms with E-state index in [1.807, 2.05) is 20.8 Å². The molecule has 0 fully saturated rings. The number of nitrogens with zero attached hydrogens (tertiary/aromatic N) is 2. The Morgan fingerprint density at radius 2 is 2.15 bits per heavy atom. The first-order chi connectivity index (χ1) is 9.51. The molecule has 0 aliphatic rings. The maximum absolute atomic E-state index is 12.2. The second kappa shape index (κ2) is 5.66. The second-order valence-corrected chi connectivity index (χ2v) is 5.49. The largest absolute Gasteiger partial charge is 0.462 e. The summed E-state index contributed by atoms with van der Waals surface area (Å²) in [6.07, 6.45) is 0.692. The van der Waals surface area contributed by atoms with Gasteiger partial charge in [-0.3, -0.25) is 4.79 Å². The van der Waals surface area contributed by atoms with E-state index < -0.39 is 5.97 Å². The minimum Gasteiger partial charge on any atom is -0.462 e. The van der Waals surface area contributed by atoms with E-state index in [-0.39, 0.29) is 5.92 Å². The van der Waals surface area contributed by atoms with E-state index in [2.05, 4.69) is 9.36 Å². The van der Waals surface area contributed by atoms with Crippen LogP contribution in [0.1, 0.15) is 58.8 Å². The van der Waals surface area contributed by atoms with Crippen molar-refractivity contribution in [2.24, 2.45) is 0 Å². The Balaban J connectivity index is 2.80. The van der Waals surface area contributed by atoms with Crippen molar-refractivity contribution in [1.29, 1.82) is 0 Å². The van der Waals surface area contributed by atoms with E-state index in [1.54, 1.807) is 6.92 Å². The molecular formula is C14H16N2O3S. The summed E-state index contributed by atoms with van der Waals surface area (Å²) in [7, 11) is 0. The first kappa shape index (κ1) is 14.6. The van der Waals surface area contributed by atoms with Crippen molar-refractivity contribution >= 4 is 34.0 Å². The molecule has 0 spiro atoms. The number of rotatable bonds is 4. The highest BCUT2D eigenvalue weighted by Gasteiger charge is 2.24. The molecule has 2 rings (SSSR count). The van der Waals surface area contributed by atoms with Crippen LogP contribution in [0.3, 0.4) is 0 Å². The number of aldehydes is 1. The average molecular weight is 292 g/mol. The molecule has 0 radical (unpaired) electrons. The Labute approximate surface area is 121 Å². The topological polar surface area (TPSA) is 69.2 Å². The molecular weight excluding hydrogens is 276 g/mol. The van der Waals surface area contributed by atoms with Gasteiger partial charge in [0.1, 0.15) is 10.5 Å². The summed E-state index contributed by atoms with van der Waals surface area (Å²) in [5.41, 5.74) is 2.19. The zero-order valence-electron chi connectivity index (χ0n) is 11.9. The fraction of sp³-hybridized carbons (Fsp3) is 0.429. The summed E-state index contributed by atoms with van der Waals surface area (Å²) < 4.78 is 9.19. The Morgan fingerprint density at radius 1 is 1.45 bits per heavy atom. The fourth-order valence-corrected chi connectivity index (χ4v) is 2.97. The standard InChI is InChI=1S/C14H16N2O3S/c1-5-19-14(18)11-8(4)10-9(6-17)16-20-13(10)15-12(11)7(2)3/h6-7H,5H2,1-4H3. The molecule has 0 aliphatic heterocycles. The van der Waals surface area contributed by atoms with Gasteiger partial charge in [0.25, 0.3) is 0 Å². The lowest BCUT2D eigenvalue weighted by molar-refractivity contribution is 0.0523. The lowest BCUT2D eigenvalue weighted by Gasteiger charge is -2.14. The highest BCUT2D eigenvalue weighted by atomic mass is 32.1. The van der Waals surface area contributed by atoms with Crippen molar-refractivity contribution in [1.82, 2.24) is 9.36 Å². The highest BCUT2D eigenvalue weighted by molar-refractivity contribution is 7.13. The zero-order chi connectivity index (χ0) is 14.9. The lowest BCUT2D eigenvalue weighted by atomic mass is 9.97. The number of pyridine rings is 1. The number of aromatic nitrogens is 2. The SMILES string of the molecule is CCOC(=O)c1c(C(C)C)nc2snc(C=O)c2c1C. The minimum absolute atomic E-state index is 0.0827. The smallest absolute Gasteiger partial charge is 0.340 e. The van der Waals surface area contributed by atoms with Crippen LogP contribution in [-0.2, 0) is 4.74 Å². The molecule has 5 nitrogen and oxygen atoms in total. The number of fused-ring (bicyclic) bond motifs is 1. The van der Waals surface area contributed by atoms with Crippen LogP contribution in [0.2, 0.25) is 0 Å². The van der Waals surface area contributed by atoms with Crippen LogP contribution >= 0.6 is 11.5 Å². The quantitative estimate of drug-likeness (QED) is 0.639. The number of carbonyl (C=O) groups is 2. The van der Waals surface area contributed by atoms with Crippen LogP contribution in [-0.4, -0.2) is 28.2 Å². The maximum Gasteiger partial charge on any atom is 0.340 e. The number of carbonyl (C=O) groups excluding carboxylic acids is 2. The number of hydrogen-bond acceptors (Lipinski definition) is 6. The van der Waals surface area contributed by atoms with Crippen LogP contribution in [0, 0.1) is 6.92 Å². The highest BCUT2D eigenvalue weighted by Crippen LogP contribution is 2.31. The van der Waals surface area contributed by atoms with Gasteiger partial charge in [-0.2, -0.15) is 4.37 Å². The summed E-state index contributed by atoms with van der Waals surface area (Å²) in [4.78, 5) is 28.4. The summed E-state index contributed by atoms with van der Waals surface area (Å²) in [6.45, 7) is 7.81. The molecule has 20 heavy (non-hydrogen) atoms. The van der Waals surface area contributed by atoms with Gasteiger partial charge in [-0.25, -0.2) is 9.78 Å². The van der Waals surface area contributed by atoms with Gasteiger partial charge in [0.2, 0.25) is 0 Å². The van der Waals surface area contributed by atoms with Crippen LogP contribution in [0.15, 0.2) is 0 Å². The van der Waals surface area contributed by atoms with Gasteiger partial charge in [-0.05, 0) is 36.9 Å². The normalized spacial score (nSPS) is 11.1. The van der Waals surface area contributed by atoms with E-state index >= 15 is 0 Å². The molecule has 0 amide bonds.